The van der Waals surface area contributed by atoms with Crippen molar-refractivity contribution >= 4 is 39.5 Å². The van der Waals surface area contributed by atoms with Crippen LogP contribution in [-0.2, 0) is 41.7 Å². The lowest BCUT2D eigenvalue weighted by molar-refractivity contribution is -0.118. The van der Waals surface area contributed by atoms with Crippen LogP contribution in [0.15, 0.2) is 42.5 Å². The summed E-state index contributed by atoms with van der Waals surface area (Å²) in [5, 5.41) is 21.7. The van der Waals surface area contributed by atoms with Gasteiger partial charge in [-0.2, -0.15) is 0 Å². The number of amides is 1. The van der Waals surface area contributed by atoms with Gasteiger partial charge in [-0.15, -0.1) is 31.7 Å². The molecular formula is C26H25F2N5O3S2. The maximum absolute atomic E-state index is 14.3. The largest absolute Gasteiger partial charge is 0.491 e. The molecule has 38 heavy (non-hydrogen) atoms. The number of nitrogens with one attached hydrogen (secondary N) is 1. The predicted octanol–water partition coefficient (Wildman–Crippen LogP) is 4.78. The number of benzene rings is 2. The number of carbonyl (C=O) groups excluding carboxylic acids is 2. The van der Waals surface area contributed by atoms with Gasteiger partial charge in [0.15, 0.2) is 17.4 Å². The first kappa shape index (κ1) is 27.4. The number of Topliss-reactive ketones (excluding diaryl/α,β-unsaturated/α-hetero) is 1. The molecule has 0 radical (unpaired) electrons. The summed E-state index contributed by atoms with van der Waals surface area (Å²) >= 11 is 2.71. The summed E-state index contributed by atoms with van der Waals surface area (Å²) in [5.74, 6) is -2.63. The normalized spacial score (nSPS) is 10.9. The van der Waals surface area contributed by atoms with E-state index in [2.05, 4.69) is 25.7 Å². The number of nitrogens with zero attached hydrogens (tertiary/aromatic N) is 4. The summed E-state index contributed by atoms with van der Waals surface area (Å²) in [5.41, 5.74) is 1.01. The first-order valence-corrected chi connectivity index (χ1v) is 13.5. The van der Waals surface area contributed by atoms with Gasteiger partial charge in [0, 0.05) is 24.8 Å². The van der Waals surface area contributed by atoms with E-state index >= 15 is 0 Å². The van der Waals surface area contributed by atoms with Crippen LogP contribution < -0.4 is 10.1 Å². The molecule has 12 heteroatoms. The van der Waals surface area contributed by atoms with Crippen LogP contribution in [0.3, 0.4) is 0 Å². The van der Waals surface area contributed by atoms with Gasteiger partial charge < -0.3 is 10.1 Å². The minimum absolute atomic E-state index is 0.0193. The van der Waals surface area contributed by atoms with Crippen molar-refractivity contribution in [3.63, 3.8) is 0 Å². The van der Waals surface area contributed by atoms with E-state index in [0.29, 0.717) is 18.0 Å². The SMILES string of the molecule is COc1c(F)ccc(CC(=O)Nc2nnc(CCCCc3nnc(CC(=O)Cc4ccccc4)s3)s2)c1F. The van der Waals surface area contributed by atoms with E-state index in [9.17, 15) is 18.4 Å². The monoisotopic (exact) mass is 557 g/mol. The molecule has 1 N–H and O–H groups in total. The fraction of sp³-hybridized carbons (Fsp3) is 0.308. The van der Waals surface area contributed by atoms with Crippen LogP contribution in [-0.4, -0.2) is 39.2 Å². The zero-order chi connectivity index (χ0) is 26.9. The van der Waals surface area contributed by atoms with Crippen LogP contribution in [0, 0.1) is 11.6 Å². The van der Waals surface area contributed by atoms with E-state index in [1.807, 2.05) is 30.3 Å². The Morgan fingerprint density at radius 1 is 0.842 bits per heavy atom. The zero-order valence-corrected chi connectivity index (χ0v) is 22.2. The fourth-order valence-corrected chi connectivity index (χ4v) is 5.42. The third-order valence-corrected chi connectivity index (χ3v) is 7.41. The number of aryl methyl sites for hydroxylation is 2. The van der Waals surface area contributed by atoms with Gasteiger partial charge in [-0.05, 0) is 24.5 Å². The summed E-state index contributed by atoms with van der Waals surface area (Å²) in [4.78, 5) is 24.6. The number of carbonyl (C=O) groups is 2. The lowest BCUT2D eigenvalue weighted by Crippen LogP contribution is -2.15. The molecule has 198 valence electrons. The number of ketones is 1. The molecule has 0 fully saturated rings. The van der Waals surface area contributed by atoms with Crippen molar-refractivity contribution in [1.29, 1.82) is 0 Å². The minimum Gasteiger partial charge on any atom is -0.491 e. The molecule has 0 aliphatic heterocycles. The highest BCUT2D eigenvalue weighted by Crippen LogP contribution is 2.25. The Balaban J connectivity index is 1.17. The standard InChI is InChI=1S/C26H25F2N5O3S2/c1-36-25-19(27)12-11-17(24(25)28)14-20(35)29-26-33-31-22(38-26)10-6-5-9-21-30-32-23(37-21)15-18(34)13-16-7-3-2-4-8-16/h2-4,7-8,11-12H,5-6,9-10,13-15H2,1H3,(H,29,33,35). The highest BCUT2D eigenvalue weighted by Gasteiger charge is 2.17. The Bertz CT molecular complexity index is 1390. The predicted molar refractivity (Wildman–Crippen MR) is 141 cm³/mol. The first-order valence-electron chi connectivity index (χ1n) is 11.9. The number of aromatic nitrogens is 4. The summed E-state index contributed by atoms with van der Waals surface area (Å²) in [6, 6.07) is 11.9. The fourth-order valence-electron chi connectivity index (χ4n) is 3.71. The first-order chi connectivity index (χ1) is 18.4. The third kappa shape index (κ3) is 7.68. The van der Waals surface area contributed by atoms with E-state index in [1.165, 1.54) is 28.7 Å². The summed E-state index contributed by atoms with van der Waals surface area (Å²) in [6.07, 6.45) is 3.51. The lowest BCUT2D eigenvalue weighted by Gasteiger charge is -2.08. The Morgan fingerprint density at radius 2 is 1.53 bits per heavy atom. The average molecular weight is 558 g/mol. The molecule has 4 aromatic rings. The van der Waals surface area contributed by atoms with Gasteiger partial charge in [0.1, 0.15) is 20.8 Å². The summed E-state index contributed by atoms with van der Waals surface area (Å²) in [6.45, 7) is 0. The van der Waals surface area contributed by atoms with Crippen LogP contribution in [0.2, 0.25) is 0 Å². The second-order valence-electron chi connectivity index (χ2n) is 8.45. The third-order valence-electron chi connectivity index (χ3n) is 5.53. The number of ether oxygens (including phenoxy) is 1. The van der Waals surface area contributed by atoms with Crippen molar-refractivity contribution in [3.8, 4) is 5.75 Å². The van der Waals surface area contributed by atoms with Crippen molar-refractivity contribution in [1.82, 2.24) is 20.4 Å². The molecule has 0 unspecified atom stereocenters. The van der Waals surface area contributed by atoms with E-state index in [1.54, 1.807) is 0 Å². The van der Waals surface area contributed by atoms with Crippen LogP contribution in [0.1, 0.15) is 39.0 Å². The van der Waals surface area contributed by atoms with E-state index in [-0.39, 0.29) is 24.2 Å². The van der Waals surface area contributed by atoms with Crippen molar-refractivity contribution < 1.29 is 23.1 Å². The molecule has 4 rings (SSSR count). The van der Waals surface area contributed by atoms with Gasteiger partial charge in [-0.3, -0.25) is 9.59 Å². The molecule has 0 saturated carbocycles. The Kier molecular flexibility index (Phi) is 9.55. The van der Waals surface area contributed by atoms with Crippen molar-refractivity contribution in [2.45, 2.75) is 44.9 Å². The van der Waals surface area contributed by atoms with Gasteiger partial charge in [0.2, 0.25) is 11.0 Å². The molecule has 0 spiro atoms. The molecule has 0 aliphatic rings. The van der Waals surface area contributed by atoms with Crippen LogP contribution in [0.4, 0.5) is 13.9 Å². The van der Waals surface area contributed by atoms with Crippen LogP contribution in [0.5, 0.6) is 5.75 Å². The summed E-state index contributed by atoms with van der Waals surface area (Å²) in [7, 11) is 1.16. The van der Waals surface area contributed by atoms with Crippen LogP contribution in [0.25, 0.3) is 0 Å². The topological polar surface area (TPSA) is 107 Å². The smallest absolute Gasteiger partial charge is 0.230 e. The second kappa shape index (κ2) is 13.2. The number of methoxy groups -OCH3 is 1. The minimum atomic E-state index is -0.901. The van der Waals surface area contributed by atoms with Gasteiger partial charge in [0.05, 0.1) is 20.0 Å². The Hall–Kier alpha value is -3.64. The van der Waals surface area contributed by atoms with Crippen LogP contribution >= 0.6 is 22.7 Å². The number of rotatable bonds is 13. The molecule has 1 amide bonds. The van der Waals surface area contributed by atoms with E-state index < -0.39 is 23.3 Å². The van der Waals surface area contributed by atoms with Gasteiger partial charge in [-0.25, -0.2) is 8.78 Å². The molecule has 0 aliphatic carbocycles. The van der Waals surface area contributed by atoms with Gasteiger partial charge >= 0.3 is 0 Å². The lowest BCUT2D eigenvalue weighted by atomic mass is 10.1. The van der Waals surface area contributed by atoms with Gasteiger partial charge in [0.25, 0.3) is 0 Å². The molecule has 2 aromatic heterocycles. The zero-order valence-electron chi connectivity index (χ0n) is 20.6. The number of unbranched alkanes of at least 4 members (excludes halogenated alkanes) is 1. The molecule has 2 aromatic carbocycles. The molecule has 2 heterocycles. The van der Waals surface area contributed by atoms with Crippen molar-refractivity contribution in [3.05, 3.63) is 80.2 Å². The maximum atomic E-state index is 14.3. The molecule has 0 saturated heterocycles. The van der Waals surface area contributed by atoms with E-state index in [0.717, 1.165) is 53.0 Å². The second-order valence-corrected chi connectivity index (χ2v) is 10.7. The molecule has 0 bridgehead atoms. The summed E-state index contributed by atoms with van der Waals surface area (Å²) < 4.78 is 32.5. The van der Waals surface area contributed by atoms with E-state index in [4.69, 9.17) is 4.74 Å². The molecule has 0 atom stereocenters. The number of halogens is 2. The van der Waals surface area contributed by atoms with Crippen molar-refractivity contribution in [2.24, 2.45) is 0 Å². The average Bonchev–Trinajstić information content (AvgIpc) is 3.53. The van der Waals surface area contributed by atoms with Crippen molar-refractivity contribution in [2.75, 3.05) is 12.4 Å². The number of hydrogen-bond acceptors (Lipinski definition) is 9. The molecular weight excluding hydrogens is 532 g/mol. The number of hydrogen-bond donors (Lipinski definition) is 1. The Morgan fingerprint density at radius 3 is 2.26 bits per heavy atom. The van der Waals surface area contributed by atoms with Gasteiger partial charge in [-0.1, -0.05) is 47.7 Å². The number of anilines is 1. The maximum Gasteiger partial charge on any atom is 0.230 e. The molecule has 8 nitrogen and oxygen atoms in total. The Labute approximate surface area is 226 Å². The highest BCUT2D eigenvalue weighted by molar-refractivity contribution is 7.15. The quantitative estimate of drug-likeness (QED) is 0.236. The highest BCUT2D eigenvalue weighted by atomic mass is 32.1.